The molecule has 1 N–H and O–H groups in total. The van der Waals surface area contributed by atoms with Crippen LogP contribution in [0, 0.1) is 12.4 Å². The number of alkyl halides is 4. The lowest BCUT2D eigenvalue weighted by atomic mass is 10.1. The van der Waals surface area contributed by atoms with Crippen LogP contribution in [0.15, 0.2) is 30.3 Å². The second-order valence-electron chi connectivity index (χ2n) is 5.30. The van der Waals surface area contributed by atoms with E-state index in [4.69, 9.17) is 22.9 Å². The van der Waals surface area contributed by atoms with Gasteiger partial charge in [-0.2, -0.15) is 17.6 Å². The number of benzene rings is 2. The molecule has 0 fully saturated rings. The fourth-order valence-corrected chi connectivity index (χ4v) is 2.83. The molecule has 1 aliphatic carbocycles. The van der Waals surface area contributed by atoms with Crippen LogP contribution >= 0.6 is 11.6 Å². The quantitative estimate of drug-likeness (QED) is 0.548. The van der Waals surface area contributed by atoms with E-state index in [1.165, 1.54) is 0 Å². The van der Waals surface area contributed by atoms with Gasteiger partial charge in [-0.3, -0.25) is 0 Å². The molecule has 0 aliphatic heterocycles. The number of hydrogen-bond donors (Lipinski definition) is 1. The van der Waals surface area contributed by atoms with Crippen molar-refractivity contribution in [2.75, 3.05) is 0 Å². The molecule has 2 aromatic rings. The molecule has 9 heteroatoms. The van der Waals surface area contributed by atoms with Crippen LogP contribution in [-0.2, 0) is 5.92 Å². The van der Waals surface area contributed by atoms with Crippen LogP contribution in [0.25, 0.3) is 4.85 Å². The molecule has 0 heterocycles. The van der Waals surface area contributed by atoms with E-state index in [9.17, 15) is 27.1 Å². The molecule has 0 radical (unpaired) electrons. The number of aliphatic hydroxyl groups is 1. The summed E-state index contributed by atoms with van der Waals surface area (Å²) < 4.78 is 73.4. The van der Waals surface area contributed by atoms with E-state index in [0.29, 0.717) is 6.07 Å². The zero-order chi connectivity index (χ0) is 18.6. The van der Waals surface area contributed by atoms with Crippen molar-refractivity contribution in [2.24, 2.45) is 0 Å². The van der Waals surface area contributed by atoms with Crippen LogP contribution in [0.2, 0.25) is 5.02 Å². The summed E-state index contributed by atoms with van der Waals surface area (Å²) in [5, 5.41) is 8.93. The lowest BCUT2D eigenvalue weighted by molar-refractivity contribution is -0.246. The predicted octanol–water partition coefficient (Wildman–Crippen LogP) is 5.60. The Labute approximate surface area is 143 Å². The average Bonchev–Trinajstić information content (AvgIpc) is 2.67. The maximum Gasteiger partial charge on any atom is 0.343 e. The van der Waals surface area contributed by atoms with Crippen molar-refractivity contribution < 1.29 is 31.8 Å². The van der Waals surface area contributed by atoms with Gasteiger partial charge in [-0.15, -0.1) is 0 Å². The summed E-state index contributed by atoms with van der Waals surface area (Å²) in [5.41, 5.74) is -2.05. The SMILES string of the molecule is [C-]#[N+]c1cc(F)cc(Oc2ccc3c(c2Cl)C(O)C(F)(F)C3(F)F)c1. The van der Waals surface area contributed by atoms with Gasteiger partial charge in [-0.1, -0.05) is 11.6 Å². The first-order valence-corrected chi connectivity index (χ1v) is 7.10. The molecule has 1 unspecified atom stereocenters. The predicted molar refractivity (Wildman–Crippen MR) is 78.0 cm³/mol. The first kappa shape index (κ1) is 17.5. The van der Waals surface area contributed by atoms with Crippen molar-refractivity contribution in [1.29, 1.82) is 0 Å². The fraction of sp³-hybridized carbons (Fsp3) is 0.188. The Morgan fingerprint density at radius 3 is 2.48 bits per heavy atom. The molecule has 1 atom stereocenters. The second kappa shape index (κ2) is 5.58. The lowest BCUT2D eigenvalue weighted by Crippen LogP contribution is -2.36. The molecule has 3 rings (SSSR count). The highest BCUT2D eigenvalue weighted by Gasteiger charge is 2.69. The summed E-state index contributed by atoms with van der Waals surface area (Å²) in [4.78, 5) is 3.02. The highest BCUT2D eigenvalue weighted by molar-refractivity contribution is 6.33. The maximum absolute atomic E-state index is 13.8. The Bertz CT molecular complexity index is 910. The lowest BCUT2D eigenvalue weighted by Gasteiger charge is -2.20. The zero-order valence-corrected chi connectivity index (χ0v) is 12.8. The van der Waals surface area contributed by atoms with E-state index in [0.717, 1.165) is 24.3 Å². The van der Waals surface area contributed by atoms with E-state index < -0.39 is 39.9 Å². The number of hydrogen-bond acceptors (Lipinski definition) is 2. The van der Waals surface area contributed by atoms with Gasteiger partial charge < -0.3 is 9.84 Å². The summed E-state index contributed by atoms with van der Waals surface area (Å²) >= 11 is 5.86. The molecular formula is C16H7ClF5NO2. The van der Waals surface area contributed by atoms with Crippen molar-refractivity contribution >= 4 is 17.3 Å². The molecule has 3 nitrogen and oxygen atoms in total. The van der Waals surface area contributed by atoms with Crippen molar-refractivity contribution in [3.05, 3.63) is 63.7 Å². The third-order valence-electron chi connectivity index (χ3n) is 3.73. The first-order valence-electron chi connectivity index (χ1n) is 6.72. The first-order chi connectivity index (χ1) is 11.6. The third-order valence-corrected chi connectivity index (χ3v) is 4.12. The molecule has 0 amide bonds. The fourth-order valence-electron chi connectivity index (χ4n) is 2.52. The van der Waals surface area contributed by atoms with Gasteiger partial charge in [0.1, 0.15) is 17.3 Å². The molecular weight excluding hydrogens is 369 g/mol. The normalized spacial score (nSPS) is 20.0. The summed E-state index contributed by atoms with van der Waals surface area (Å²) in [6.07, 6.45) is -2.82. The van der Waals surface area contributed by atoms with Gasteiger partial charge in [0.25, 0.3) is 0 Å². The molecule has 0 aromatic heterocycles. The second-order valence-corrected chi connectivity index (χ2v) is 5.68. The number of rotatable bonds is 2. The van der Waals surface area contributed by atoms with E-state index in [-0.39, 0.29) is 17.2 Å². The summed E-state index contributed by atoms with van der Waals surface area (Å²) in [6.45, 7) is 6.85. The number of ether oxygens (including phenoxy) is 1. The Balaban J connectivity index is 2.07. The number of aliphatic hydroxyl groups excluding tert-OH is 1. The van der Waals surface area contributed by atoms with Crippen LogP contribution in [0.1, 0.15) is 17.2 Å². The van der Waals surface area contributed by atoms with E-state index in [2.05, 4.69) is 4.85 Å². The van der Waals surface area contributed by atoms with E-state index >= 15 is 0 Å². The van der Waals surface area contributed by atoms with Gasteiger partial charge in [-0.05, 0) is 24.3 Å². The molecule has 130 valence electrons. The average molecular weight is 376 g/mol. The van der Waals surface area contributed by atoms with Gasteiger partial charge in [-0.25, -0.2) is 9.24 Å². The number of halogens is 6. The Kier molecular flexibility index (Phi) is 3.89. The Hall–Kier alpha value is -2.37. The zero-order valence-electron chi connectivity index (χ0n) is 12.0. The van der Waals surface area contributed by atoms with E-state index in [1.807, 2.05) is 0 Å². The molecule has 0 saturated heterocycles. The summed E-state index contributed by atoms with van der Waals surface area (Å²) in [5.74, 6) is -10.6. The van der Waals surface area contributed by atoms with E-state index in [1.54, 1.807) is 0 Å². The topological polar surface area (TPSA) is 33.8 Å². The third kappa shape index (κ3) is 2.51. The van der Waals surface area contributed by atoms with Crippen molar-refractivity contribution in [3.8, 4) is 11.5 Å². The Morgan fingerprint density at radius 1 is 1.16 bits per heavy atom. The van der Waals surface area contributed by atoms with Crippen molar-refractivity contribution in [3.63, 3.8) is 0 Å². The van der Waals surface area contributed by atoms with Gasteiger partial charge in [0.2, 0.25) is 0 Å². The molecule has 0 bridgehead atoms. The molecule has 2 aromatic carbocycles. The minimum absolute atomic E-state index is 0.0922. The highest BCUT2D eigenvalue weighted by atomic mass is 35.5. The summed E-state index contributed by atoms with van der Waals surface area (Å²) in [7, 11) is 0. The smallest absolute Gasteiger partial charge is 0.343 e. The molecule has 25 heavy (non-hydrogen) atoms. The molecule has 1 aliphatic rings. The largest absolute Gasteiger partial charge is 0.457 e. The highest BCUT2D eigenvalue weighted by Crippen LogP contribution is 2.60. The maximum atomic E-state index is 13.8. The van der Waals surface area contributed by atoms with Crippen molar-refractivity contribution in [1.82, 2.24) is 0 Å². The van der Waals surface area contributed by atoms with Crippen molar-refractivity contribution in [2.45, 2.75) is 17.9 Å². The van der Waals surface area contributed by atoms with Crippen LogP contribution in [0.5, 0.6) is 11.5 Å². The van der Waals surface area contributed by atoms with Gasteiger partial charge in [0.05, 0.1) is 11.6 Å². The van der Waals surface area contributed by atoms with Crippen LogP contribution in [0.3, 0.4) is 0 Å². The minimum Gasteiger partial charge on any atom is -0.457 e. The van der Waals surface area contributed by atoms with Crippen LogP contribution in [0.4, 0.5) is 27.6 Å². The standard InChI is InChI=1S/C16H7ClF5NO2/c1-23-8-4-7(18)5-9(6-8)25-11-3-2-10-12(13(11)17)14(24)16(21,22)15(10,19)20/h2-6,14,24H. The monoisotopic (exact) mass is 375 g/mol. The molecule has 0 spiro atoms. The van der Waals surface area contributed by atoms with Gasteiger partial charge in [0.15, 0.2) is 11.8 Å². The van der Waals surface area contributed by atoms with Gasteiger partial charge in [0, 0.05) is 17.2 Å². The summed E-state index contributed by atoms with van der Waals surface area (Å²) in [6, 6.07) is 4.56. The minimum atomic E-state index is -4.73. The van der Waals surface area contributed by atoms with Crippen LogP contribution in [-0.4, -0.2) is 11.0 Å². The number of nitrogens with zero attached hydrogens (tertiary/aromatic N) is 1. The Morgan fingerprint density at radius 2 is 1.84 bits per heavy atom. The van der Waals surface area contributed by atoms with Gasteiger partial charge >= 0.3 is 11.8 Å². The molecule has 0 saturated carbocycles. The number of fused-ring (bicyclic) bond motifs is 1. The van der Waals surface area contributed by atoms with Crippen LogP contribution < -0.4 is 4.74 Å².